The highest BCUT2D eigenvalue weighted by molar-refractivity contribution is 7.89. The van der Waals surface area contributed by atoms with E-state index >= 15 is 0 Å². The van der Waals surface area contributed by atoms with Crippen molar-refractivity contribution in [1.29, 1.82) is 0 Å². The molecule has 2 N–H and O–H groups in total. The van der Waals surface area contributed by atoms with Crippen LogP contribution in [0.3, 0.4) is 0 Å². The lowest BCUT2D eigenvalue weighted by atomic mass is 9.86. The lowest BCUT2D eigenvalue weighted by Crippen LogP contribution is -2.20. The fraction of sp³-hybridized carbons (Fsp3) is 0.833. The average Bonchev–Trinajstić information content (AvgIpc) is 3.01. The Labute approximate surface area is 113 Å². The zero-order chi connectivity index (χ0) is 13.6. The Bertz CT molecular complexity index is 581. The minimum absolute atomic E-state index is 0.104. The zero-order valence-electron chi connectivity index (χ0n) is 11.1. The third-order valence-electron chi connectivity index (χ3n) is 4.69. The van der Waals surface area contributed by atoms with Crippen molar-refractivity contribution in [3.05, 3.63) is 5.82 Å². The third-order valence-corrected chi connectivity index (χ3v) is 5.50. The Kier molecular flexibility index (Phi) is 3.13. The zero-order valence-corrected chi connectivity index (χ0v) is 11.9. The molecule has 6 nitrogen and oxygen atoms in total. The SMILES string of the molecule is CCn1c(CC2CC3CCC2C3)nnc1S(N)(=O)=O. The summed E-state index contributed by atoms with van der Waals surface area (Å²) in [5.41, 5.74) is 0. The molecule has 3 unspecified atom stereocenters. The van der Waals surface area contributed by atoms with Gasteiger partial charge in [0, 0.05) is 13.0 Å². The van der Waals surface area contributed by atoms with E-state index in [0.29, 0.717) is 12.5 Å². The maximum Gasteiger partial charge on any atom is 0.273 e. The van der Waals surface area contributed by atoms with E-state index in [2.05, 4.69) is 10.2 Å². The van der Waals surface area contributed by atoms with Crippen LogP contribution in [0.1, 0.15) is 38.4 Å². The summed E-state index contributed by atoms with van der Waals surface area (Å²) in [6.45, 7) is 2.43. The Morgan fingerprint density at radius 2 is 2.11 bits per heavy atom. The molecule has 3 rings (SSSR count). The number of hydrogen-bond acceptors (Lipinski definition) is 4. The second-order valence-electron chi connectivity index (χ2n) is 5.83. The highest BCUT2D eigenvalue weighted by Crippen LogP contribution is 2.49. The molecule has 2 aliphatic rings. The molecule has 0 aromatic carbocycles. The number of fused-ring (bicyclic) bond motifs is 2. The number of aromatic nitrogens is 3. The van der Waals surface area contributed by atoms with E-state index in [-0.39, 0.29) is 5.16 Å². The molecule has 2 fully saturated rings. The summed E-state index contributed by atoms with van der Waals surface area (Å²) in [7, 11) is -3.78. The molecule has 0 aliphatic heterocycles. The molecule has 2 aliphatic carbocycles. The minimum Gasteiger partial charge on any atom is -0.301 e. The van der Waals surface area contributed by atoms with E-state index < -0.39 is 10.0 Å². The normalized spacial score (nSPS) is 30.1. The van der Waals surface area contributed by atoms with Crippen LogP contribution in [-0.2, 0) is 23.0 Å². The van der Waals surface area contributed by atoms with Crippen molar-refractivity contribution in [2.45, 2.75) is 50.7 Å². The van der Waals surface area contributed by atoms with Crippen LogP contribution in [0.15, 0.2) is 5.16 Å². The topological polar surface area (TPSA) is 90.9 Å². The van der Waals surface area contributed by atoms with E-state index in [1.54, 1.807) is 4.57 Å². The van der Waals surface area contributed by atoms with E-state index in [4.69, 9.17) is 5.14 Å². The number of rotatable bonds is 4. The molecule has 0 radical (unpaired) electrons. The van der Waals surface area contributed by atoms with Gasteiger partial charge in [0.25, 0.3) is 15.2 Å². The first-order chi connectivity index (χ1) is 8.99. The van der Waals surface area contributed by atoms with Crippen molar-refractivity contribution in [3.8, 4) is 0 Å². The van der Waals surface area contributed by atoms with E-state index in [0.717, 1.165) is 24.1 Å². The Balaban J connectivity index is 1.84. The van der Waals surface area contributed by atoms with Crippen molar-refractivity contribution in [1.82, 2.24) is 14.8 Å². The predicted molar refractivity (Wildman–Crippen MR) is 69.7 cm³/mol. The quantitative estimate of drug-likeness (QED) is 0.890. The first kappa shape index (κ1) is 13.1. The number of primary sulfonamides is 1. The summed E-state index contributed by atoms with van der Waals surface area (Å²) >= 11 is 0. The average molecular weight is 284 g/mol. The first-order valence-corrected chi connectivity index (χ1v) is 8.48. The summed E-state index contributed by atoms with van der Waals surface area (Å²) in [5.74, 6) is 3.08. The lowest BCUT2D eigenvalue weighted by molar-refractivity contribution is 0.322. The van der Waals surface area contributed by atoms with E-state index in [9.17, 15) is 8.42 Å². The molecule has 1 heterocycles. The number of nitrogens with two attached hydrogens (primary N) is 1. The molecule has 106 valence electrons. The van der Waals surface area contributed by atoms with Gasteiger partial charge in [0.2, 0.25) is 0 Å². The predicted octanol–water partition coefficient (Wildman–Crippen LogP) is 0.924. The summed E-state index contributed by atoms with van der Waals surface area (Å²) in [4.78, 5) is 0. The molecule has 7 heteroatoms. The van der Waals surface area contributed by atoms with Gasteiger partial charge in [-0.2, -0.15) is 0 Å². The second kappa shape index (κ2) is 4.56. The van der Waals surface area contributed by atoms with Crippen LogP contribution >= 0.6 is 0 Å². The van der Waals surface area contributed by atoms with Gasteiger partial charge in [-0.05, 0) is 43.9 Å². The van der Waals surface area contributed by atoms with Crippen LogP contribution in [0.4, 0.5) is 0 Å². The molecular formula is C12H20N4O2S. The van der Waals surface area contributed by atoms with Crippen LogP contribution in [-0.4, -0.2) is 23.2 Å². The summed E-state index contributed by atoms with van der Waals surface area (Å²) in [6.07, 6.45) is 6.11. The molecule has 1 aromatic rings. The number of hydrogen-bond donors (Lipinski definition) is 1. The molecule has 3 atom stereocenters. The fourth-order valence-corrected chi connectivity index (χ4v) is 4.56. The highest BCUT2D eigenvalue weighted by Gasteiger charge is 2.40. The highest BCUT2D eigenvalue weighted by atomic mass is 32.2. The molecule has 2 saturated carbocycles. The van der Waals surface area contributed by atoms with Crippen molar-refractivity contribution in [2.24, 2.45) is 22.9 Å². The fourth-order valence-electron chi connectivity index (χ4n) is 3.86. The van der Waals surface area contributed by atoms with Gasteiger partial charge in [-0.25, -0.2) is 13.6 Å². The lowest BCUT2D eigenvalue weighted by Gasteiger charge is -2.21. The summed E-state index contributed by atoms with van der Waals surface area (Å²) in [5, 5.41) is 12.9. The van der Waals surface area contributed by atoms with Crippen molar-refractivity contribution in [2.75, 3.05) is 0 Å². The van der Waals surface area contributed by atoms with Crippen LogP contribution in [0.2, 0.25) is 0 Å². The second-order valence-corrected chi connectivity index (χ2v) is 7.28. The largest absolute Gasteiger partial charge is 0.301 e. The van der Waals surface area contributed by atoms with Gasteiger partial charge in [-0.3, -0.25) is 0 Å². The van der Waals surface area contributed by atoms with Crippen molar-refractivity contribution >= 4 is 10.0 Å². The molecule has 0 spiro atoms. The monoisotopic (exact) mass is 284 g/mol. The number of nitrogens with zero attached hydrogens (tertiary/aromatic N) is 3. The molecule has 1 aromatic heterocycles. The van der Waals surface area contributed by atoms with Gasteiger partial charge < -0.3 is 4.57 Å². The van der Waals surface area contributed by atoms with Crippen molar-refractivity contribution in [3.63, 3.8) is 0 Å². The summed E-state index contributed by atoms with van der Waals surface area (Å²) < 4.78 is 24.5. The van der Waals surface area contributed by atoms with E-state index in [1.165, 1.54) is 25.7 Å². The van der Waals surface area contributed by atoms with Crippen LogP contribution in [0.5, 0.6) is 0 Å². The van der Waals surface area contributed by atoms with Gasteiger partial charge in [0.1, 0.15) is 5.82 Å². The van der Waals surface area contributed by atoms with Crippen LogP contribution < -0.4 is 5.14 Å². The summed E-state index contributed by atoms with van der Waals surface area (Å²) in [6, 6.07) is 0. The third kappa shape index (κ3) is 2.29. The van der Waals surface area contributed by atoms with Gasteiger partial charge in [0.15, 0.2) is 0 Å². The van der Waals surface area contributed by atoms with Gasteiger partial charge in [-0.15, -0.1) is 10.2 Å². The Morgan fingerprint density at radius 3 is 2.63 bits per heavy atom. The molecule has 0 amide bonds. The smallest absolute Gasteiger partial charge is 0.273 e. The van der Waals surface area contributed by atoms with E-state index in [1.807, 2.05) is 6.92 Å². The van der Waals surface area contributed by atoms with Crippen LogP contribution in [0, 0.1) is 17.8 Å². The molecular weight excluding hydrogens is 264 g/mol. The first-order valence-electron chi connectivity index (χ1n) is 6.94. The minimum atomic E-state index is -3.78. The van der Waals surface area contributed by atoms with Gasteiger partial charge in [-0.1, -0.05) is 6.42 Å². The van der Waals surface area contributed by atoms with Crippen LogP contribution in [0.25, 0.3) is 0 Å². The van der Waals surface area contributed by atoms with Gasteiger partial charge >= 0.3 is 0 Å². The maximum absolute atomic E-state index is 11.4. The molecule has 2 bridgehead atoms. The van der Waals surface area contributed by atoms with Crippen molar-refractivity contribution < 1.29 is 8.42 Å². The number of sulfonamides is 1. The maximum atomic E-state index is 11.4. The molecule has 0 saturated heterocycles. The molecule has 19 heavy (non-hydrogen) atoms. The Morgan fingerprint density at radius 1 is 1.32 bits per heavy atom. The Hall–Kier alpha value is -0.950. The standard InChI is InChI=1S/C12H20N4O2S/c1-2-16-11(14-15-12(16)19(13,17)18)7-10-6-8-3-4-9(10)5-8/h8-10H,2-7H2,1H3,(H2,13,17,18). The van der Waals surface area contributed by atoms with Gasteiger partial charge in [0.05, 0.1) is 0 Å².